The van der Waals surface area contributed by atoms with Crippen molar-refractivity contribution in [3.05, 3.63) is 17.0 Å². The zero-order valence-electron chi connectivity index (χ0n) is 12.3. The second-order valence-corrected chi connectivity index (χ2v) is 9.42. The second kappa shape index (κ2) is 6.36. The molecule has 1 saturated carbocycles. The summed E-state index contributed by atoms with van der Waals surface area (Å²) < 4.78 is 28.2. The molecule has 1 aliphatic carbocycles. The van der Waals surface area contributed by atoms with Gasteiger partial charge in [-0.2, -0.15) is 4.31 Å². The summed E-state index contributed by atoms with van der Waals surface area (Å²) in [6.07, 6.45) is 7.60. The molecular weight excluding hydrogens is 304 g/mol. The lowest BCUT2D eigenvalue weighted by atomic mass is 9.79. The molecule has 2 fully saturated rings. The van der Waals surface area contributed by atoms with Gasteiger partial charge >= 0.3 is 0 Å². The average molecular weight is 329 g/mol. The van der Waals surface area contributed by atoms with E-state index in [1.807, 2.05) is 6.07 Å². The van der Waals surface area contributed by atoms with Gasteiger partial charge in [0.25, 0.3) is 10.0 Å². The zero-order valence-corrected chi connectivity index (χ0v) is 14.0. The van der Waals surface area contributed by atoms with Gasteiger partial charge in [0.05, 0.1) is 0 Å². The number of nitrogens with two attached hydrogens (primary N) is 1. The molecule has 0 bridgehead atoms. The van der Waals surface area contributed by atoms with E-state index >= 15 is 0 Å². The minimum absolute atomic E-state index is 0.234. The summed E-state index contributed by atoms with van der Waals surface area (Å²) in [5.41, 5.74) is 5.56. The van der Waals surface area contributed by atoms with Gasteiger partial charge in [-0.05, 0) is 56.7 Å². The quantitative estimate of drug-likeness (QED) is 0.924. The number of thiophene rings is 1. The van der Waals surface area contributed by atoms with Crippen molar-refractivity contribution in [3.63, 3.8) is 0 Å². The molecule has 0 radical (unpaired) electrons. The first kappa shape index (κ1) is 15.5. The third kappa shape index (κ3) is 3.04. The van der Waals surface area contributed by atoms with Gasteiger partial charge in [0.2, 0.25) is 0 Å². The van der Waals surface area contributed by atoms with Crippen molar-refractivity contribution in [2.45, 2.75) is 55.2 Å². The van der Waals surface area contributed by atoms with E-state index in [2.05, 4.69) is 0 Å². The fourth-order valence-electron chi connectivity index (χ4n) is 3.77. The molecule has 4 nitrogen and oxygen atoms in total. The van der Waals surface area contributed by atoms with Gasteiger partial charge in [0.15, 0.2) is 0 Å². The van der Waals surface area contributed by atoms with E-state index < -0.39 is 10.0 Å². The summed E-state index contributed by atoms with van der Waals surface area (Å²) in [5.74, 6) is 0.575. The van der Waals surface area contributed by atoms with Crippen LogP contribution in [0.4, 0.5) is 0 Å². The summed E-state index contributed by atoms with van der Waals surface area (Å²) in [6.45, 7) is 1.25. The molecule has 1 aliphatic heterocycles. The molecule has 3 rings (SSSR count). The molecule has 1 saturated heterocycles. The minimum Gasteiger partial charge on any atom is -0.330 e. The van der Waals surface area contributed by atoms with Gasteiger partial charge < -0.3 is 5.73 Å². The molecule has 1 aromatic heterocycles. The van der Waals surface area contributed by atoms with Crippen molar-refractivity contribution in [1.29, 1.82) is 0 Å². The summed E-state index contributed by atoms with van der Waals surface area (Å²) in [4.78, 5) is 1.06. The van der Waals surface area contributed by atoms with Crippen LogP contribution < -0.4 is 5.73 Å². The first-order valence-corrected chi connectivity index (χ1v) is 10.2. The molecule has 0 unspecified atom stereocenters. The highest BCUT2D eigenvalue weighted by Crippen LogP contribution is 2.39. The Bertz CT molecular complexity index is 580. The van der Waals surface area contributed by atoms with E-state index in [4.69, 9.17) is 5.73 Å². The van der Waals surface area contributed by atoms with Crippen molar-refractivity contribution < 1.29 is 8.42 Å². The lowest BCUT2D eigenvalue weighted by molar-refractivity contribution is 0.129. The number of rotatable bonds is 4. The van der Waals surface area contributed by atoms with E-state index in [1.54, 1.807) is 10.4 Å². The van der Waals surface area contributed by atoms with E-state index in [0.717, 1.165) is 30.6 Å². The molecule has 2 N–H and O–H groups in total. The number of hydrogen-bond acceptors (Lipinski definition) is 4. The van der Waals surface area contributed by atoms with Crippen LogP contribution in [0.3, 0.4) is 0 Å². The fraction of sp³-hybridized carbons (Fsp3) is 0.733. The Morgan fingerprint density at radius 1 is 1.19 bits per heavy atom. The first-order chi connectivity index (χ1) is 10.1. The van der Waals surface area contributed by atoms with Crippen LogP contribution >= 0.6 is 11.3 Å². The molecular formula is C15H24N2O2S2. The van der Waals surface area contributed by atoms with Crippen LogP contribution in [0.5, 0.6) is 0 Å². The standard InChI is InChI=1S/C15H24N2O2S2/c16-10-9-13-7-8-15(20-13)21(18,19)17-11-3-5-12-4-1-2-6-14(12)17/h7-8,12,14H,1-6,9-11,16H2/t12-,14-/m1/s1. The Hall–Kier alpha value is -0.430. The number of fused-ring (bicyclic) bond motifs is 1. The van der Waals surface area contributed by atoms with Crippen LogP contribution in [-0.2, 0) is 16.4 Å². The summed E-state index contributed by atoms with van der Waals surface area (Å²) in [5, 5.41) is 0. The largest absolute Gasteiger partial charge is 0.330 e. The Morgan fingerprint density at radius 2 is 1.95 bits per heavy atom. The summed E-state index contributed by atoms with van der Waals surface area (Å²) in [7, 11) is -3.32. The highest BCUT2D eigenvalue weighted by molar-refractivity contribution is 7.91. The Morgan fingerprint density at radius 3 is 2.76 bits per heavy atom. The van der Waals surface area contributed by atoms with E-state index in [9.17, 15) is 8.42 Å². The normalized spacial score (nSPS) is 27.5. The predicted molar refractivity (Wildman–Crippen MR) is 85.9 cm³/mol. The van der Waals surface area contributed by atoms with E-state index in [0.29, 0.717) is 23.2 Å². The van der Waals surface area contributed by atoms with Gasteiger partial charge in [-0.25, -0.2) is 8.42 Å². The molecule has 2 aliphatic rings. The van der Waals surface area contributed by atoms with Crippen molar-refractivity contribution in [2.75, 3.05) is 13.1 Å². The SMILES string of the molecule is NCCc1ccc(S(=O)(=O)N2CCC[C@H]3CCCC[C@H]32)s1. The zero-order chi connectivity index (χ0) is 14.9. The van der Waals surface area contributed by atoms with Crippen LogP contribution in [0.2, 0.25) is 0 Å². The number of piperidine rings is 1. The Kier molecular flexibility index (Phi) is 4.69. The maximum Gasteiger partial charge on any atom is 0.252 e. The molecule has 2 heterocycles. The van der Waals surface area contributed by atoms with E-state index in [1.165, 1.54) is 30.6 Å². The van der Waals surface area contributed by atoms with Crippen LogP contribution in [0.15, 0.2) is 16.3 Å². The fourth-order valence-corrected chi connectivity index (χ4v) is 7.02. The van der Waals surface area contributed by atoms with E-state index in [-0.39, 0.29) is 6.04 Å². The third-order valence-corrected chi connectivity index (χ3v) is 8.32. The molecule has 0 spiro atoms. The number of nitrogens with zero attached hydrogens (tertiary/aromatic N) is 1. The third-order valence-electron chi connectivity index (χ3n) is 4.78. The minimum atomic E-state index is -3.32. The first-order valence-electron chi connectivity index (χ1n) is 7.93. The van der Waals surface area contributed by atoms with Gasteiger partial charge in [0, 0.05) is 17.5 Å². The molecule has 0 aromatic carbocycles. The van der Waals surface area contributed by atoms with Crippen molar-refractivity contribution >= 4 is 21.4 Å². The average Bonchev–Trinajstić information content (AvgIpc) is 2.96. The molecule has 2 atom stereocenters. The van der Waals surface area contributed by atoms with Crippen LogP contribution in [0, 0.1) is 5.92 Å². The second-order valence-electron chi connectivity index (χ2n) is 6.13. The molecule has 118 valence electrons. The Labute approximate surface area is 131 Å². The van der Waals surface area contributed by atoms with Gasteiger partial charge in [-0.1, -0.05) is 12.8 Å². The molecule has 6 heteroatoms. The maximum atomic E-state index is 13.0. The maximum absolute atomic E-state index is 13.0. The van der Waals surface area contributed by atoms with Gasteiger partial charge in [0.1, 0.15) is 4.21 Å². The lowest BCUT2D eigenvalue weighted by Crippen LogP contribution is -2.49. The van der Waals surface area contributed by atoms with Crippen LogP contribution in [-0.4, -0.2) is 31.9 Å². The van der Waals surface area contributed by atoms with Crippen molar-refractivity contribution in [2.24, 2.45) is 11.7 Å². The predicted octanol–water partition coefficient (Wildman–Crippen LogP) is 2.59. The van der Waals surface area contributed by atoms with Gasteiger partial charge in [-0.3, -0.25) is 0 Å². The highest BCUT2D eigenvalue weighted by atomic mass is 32.2. The van der Waals surface area contributed by atoms with Crippen molar-refractivity contribution in [3.8, 4) is 0 Å². The summed E-state index contributed by atoms with van der Waals surface area (Å²) >= 11 is 1.39. The molecule has 1 aromatic rings. The summed E-state index contributed by atoms with van der Waals surface area (Å²) in [6, 6.07) is 3.90. The number of sulfonamides is 1. The lowest BCUT2D eigenvalue weighted by Gasteiger charge is -2.42. The van der Waals surface area contributed by atoms with Crippen molar-refractivity contribution in [1.82, 2.24) is 4.31 Å². The topological polar surface area (TPSA) is 63.4 Å². The Balaban J connectivity index is 1.85. The number of hydrogen-bond donors (Lipinski definition) is 1. The van der Waals surface area contributed by atoms with Crippen LogP contribution in [0.1, 0.15) is 43.4 Å². The highest BCUT2D eigenvalue weighted by Gasteiger charge is 2.40. The smallest absolute Gasteiger partial charge is 0.252 e. The molecule has 0 amide bonds. The van der Waals surface area contributed by atoms with Gasteiger partial charge in [-0.15, -0.1) is 11.3 Å². The monoisotopic (exact) mass is 328 g/mol. The molecule has 21 heavy (non-hydrogen) atoms. The van der Waals surface area contributed by atoms with Crippen LogP contribution in [0.25, 0.3) is 0 Å².